The third kappa shape index (κ3) is 6.11. The van der Waals surface area contributed by atoms with Crippen LogP contribution in [0.5, 0.6) is 23.0 Å². The third-order valence-electron chi connectivity index (χ3n) is 4.69. The molecule has 0 spiro atoms. The number of methoxy groups -OCH3 is 3. The number of hydrogen-bond donors (Lipinski definition) is 1. The van der Waals surface area contributed by atoms with Crippen molar-refractivity contribution < 1.29 is 33.5 Å². The molecule has 0 saturated heterocycles. The summed E-state index contributed by atoms with van der Waals surface area (Å²) in [6, 6.07) is 14.5. The zero-order valence-corrected chi connectivity index (χ0v) is 19.0. The van der Waals surface area contributed by atoms with Gasteiger partial charge < -0.3 is 18.9 Å². The highest BCUT2D eigenvalue weighted by Gasteiger charge is 2.18. The van der Waals surface area contributed by atoms with Gasteiger partial charge in [-0.2, -0.15) is 5.10 Å². The van der Waals surface area contributed by atoms with Gasteiger partial charge in [0.15, 0.2) is 11.5 Å². The lowest BCUT2D eigenvalue weighted by Gasteiger charge is -2.13. The van der Waals surface area contributed by atoms with Crippen LogP contribution in [0.1, 0.15) is 26.3 Å². The number of carbonyl (C=O) groups is 2. The van der Waals surface area contributed by atoms with Gasteiger partial charge in [-0.05, 0) is 42.0 Å². The van der Waals surface area contributed by atoms with Gasteiger partial charge in [-0.25, -0.2) is 10.2 Å². The quantitative estimate of drug-likeness (QED) is 0.161. The van der Waals surface area contributed by atoms with Crippen molar-refractivity contribution in [2.75, 3.05) is 21.3 Å². The first kappa shape index (κ1) is 24.7. The Bertz CT molecular complexity index is 1250. The molecule has 11 heteroatoms. The van der Waals surface area contributed by atoms with Gasteiger partial charge in [-0.15, -0.1) is 0 Å². The minimum absolute atomic E-state index is 0.122. The largest absolute Gasteiger partial charge is 0.493 e. The third-order valence-corrected chi connectivity index (χ3v) is 4.69. The monoisotopic (exact) mass is 479 g/mol. The molecule has 0 bridgehead atoms. The molecule has 3 rings (SSSR count). The van der Waals surface area contributed by atoms with Gasteiger partial charge in [0.05, 0.1) is 38.0 Å². The second-order valence-electron chi connectivity index (χ2n) is 6.88. The molecule has 0 aliphatic heterocycles. The molecule has 11 nitrogen and oxygen atoms in total. The predicted molar refractivity (Wildman–Crippen MR) is 126 cm³/mol. The van der Waals surface area contributed by atoms with E-state index in [-0.39, 0.29) is 22.6 Å². The lowest BCUT2D eigenvalue weighted by Crippen LogP contribution is -2.17. The lowest BCUT2D eigenvalue weighted by molar-refractivity contribution is -0.384. The van der Waals surface area contributed by atoms with Crippen molar-refractivity contribution in [3.05, 3.63) is 87.5 Å². The standard InChI is InChI=1S/C24H21N3O8/c1-32-20-12-17(13-21(33-2)22(20)34-3)24(29)35-19-6-4-5-15(11-19)14-25-26-23(28)16-7-9-18(10-8-16)27(30)31/h4-14H,1-3H3,(H,26,28). The summed E-state index contributed by atoms with van der Waals surface area (Å²) in [5, 5.41) is 14.6. The molecule has 0 radical (unpaired) electrons. The number of hydrazone groups is 1. The van der Waals surface area contributed by atoms with Crippen molar-refractivity contribution in [2.24, 2.45) is 5.10 Å². The van der Waals surface area contributed by atoms with Gasteiger partial charge in [-0.3, -0.25) is 14.9 Å². The summed E-state index contributed by atoms with van der Waals surface area (Å²) in [6.45, 7) is 0. The normalized spacial score (nSPS) is 10.5. The van der Waals surface area contributed by atoms with Crippen LogP contribution >= 0.6 is 0 Å². The fourth-order valence-corrected chi connectivity index (χ4v) is 2.99. The van der Waals surface area contributed by atoms with Crippen LogP contribution in [0.4, 0.5) is 5.69 Å². The number of benzene rings is 3. The van der Waals surface area contributed by atoms with E-state index >= 15 is 0 Å². The highest BCUT2D eigenvalue weighted by molar-refractivity contribution is 5.95. The van der Waals surface area contributed by atoms with E-state index in [4.69, 9.17) is 18.9 Å². The number of carbonyl (C=O) groups excluding carboxylic acids is 2. The van der Waals surface area contributed by atoms with E-state index in [1.807, 2.05) is 0 Å². The second-order valence-corrected chi connectivity index (χ2v) is 6.88. The molecule has 0 aliphatic carbocycles. The van der Waals surface area contributed by atoms with Crippen molar-refractivity contribution >= 4 is 23.8 Å². The molecule has 3 aromatic carbocycles. The number of nitrogens with zero attached hydrogens (tertiary/aromatic N) is 2. The van der Waals surface area contributed by atoms with Crippen LogP contribution in [0, 0.1) is 10.1 Å². The highest BCUT2D eigenvalue weighted by Crippen LogP contribution is 2.38. The smallest absolute Gasteiger partial charge is 0.343 e. The summed E-state index contributed by atoms with van der Waals surface area (Å²) in [7, 11) is 4.34. The molecule has 0 saturated carbocycles. The van der Waals surface area contributed by atoms with Crippen molar-refractivity contribution in [3.63, 3.8) is 0 Å². The Morgan fingerprint density at radius 1 is 0.914 bits per heavy atom. The molecular formula is C24H21N3O8. The molecule has 0 aromatic heterocycles. The maximum Gasteiger partial charge on any atom is 0.343 e. The number of ether oxygens (including phenoxy) is 4. The number of amides is 1. The average molecular weight is 479 g/mol. The first-order valence-corrected chi connectivity index (χ1v) is 10.1. The minimum atomic E-state index is -0.648. The first-order valence-electron chi connectivity index (χ1n) is 10.1. The van der Waals surface area contributed by atoms with Gasteiger partial charge in [0.2, 0.25) is 5.75 Å². The Morgan fingerprint density at radius 2 is 1.57 bits per heavy atom. The van der Waals surface area contributed by atoms with Crippen molar-refractivity contribution in [2.45, 2.75) is 0 Å². The van der Waals surface area contributed by atoms with E-state index in [1.165, 1.54) is 63.9 Å². The van der Waals surface area contributed by atoms with Crippen molar-refractivity contribution in [1.82, 2.24) is 5.43 Å². The van der Waals surface area contributed by atoms with E-state index < -0.39 is 16.8 Å². The molecule has 1 amide bonds. The zero-order chi connectivity index (χ0) is 25.4. The van der Waals surface area contributed by atoms with Gasteiger partial charge in [-0.1, -0.05) is 12.1 Å². The van der Waals surface area contributed by atoms with E-state index in [2.05, 4.69) is 10.5 Å². The minimum Gasteiger partial charge on any atom is -0.493 e. The van der Waals surface area contributed by atoms with Crippen LogP contribution in [-0.4, -0.2) is 44.3 Å². The Balaban J connectivity index is 1.68. The maximum absolute atomic E-state index is 12.7. The number of hydrogen-bond acceptors (Lipinski definition) is 9. The molecule has 0 heterocycles. The van der Waals surface area contributed by atoms with Gasteiger partial charge in [0.1, 0.15) is 5.75 Å². The Hall–Kier alpha value is -4.93. The molecule has 1 N–H and O–H groups in total. The van der Waals surface area contributed by atoms with E-state index in [1.54, 1.807) is 24.3 Å². The van der Waals surface area contributed by atoms with Crippen LogP contribution < -0.4 is 24.4 Å². The lowest BCUT2D eigenvalue weighted by atomic mass is 10.1. The number of nitrogens with one attached hydrogen (secondary N) is 1. The Labute approximate surface area is 200 Å². The highest BCUT2D eigenvalue weighted by atomic mass is 16.6. The number of esters is 1. The summed E-state index contributed by atoms with van der Waals surface area (Å²) in [4.78, 5) is 35.0. The van der Waals surface area contributed by atoms with Gasteiger partial charge in [0, 0.05) is 17.7 Å². The van der Waals surface area contributed by atoms with Crippen molar-refractivity contribution in [1.29, 1.82) is 0 Å². The van der Waals surface area contributed by atoms with E-state index in [0.29, 0.717) is 22.8 Å². The second kappa shape index (κ2) is 11.3. The molecular weight excluding hydrogens is 458 g/mol. The fraction of sp³-hybridized carbons (Fsp3) is 0.125. The van der Waals surface area contributed by atoms with Crippen LogP contribution in [0.2, 0.25) is 0 Å². The summed E-state index contributed by atoms with van der Waals surface area (Å²) < 4.78 is 21.2. The summed E-state index contributed by atoms with van der Waals surface area (Å²) in [6.07, 6.45) is 1.36. The molecule has 3 aromatic rings. The number of non-ortho nitro benzene ring substituents is 1. The van der Waals surface area contributed by atoms with Crippen LogP contribution in [-0.2, 0) is 0 Å². The molecule has 0 aliphatic rings. The SMILES string of the molecule is COc1cc(C(=O)Oc2cccc(C=NNC(=O)c3ccc([N+](=O)[O-])cc3)c2)cc(OC)c1OC. The average Bonchev–Trinajstić information content (AvgIpc) is 2.87. The molecule has 0 fully saturated rings. The van der Waals surface area contributed by atoms with Gasteiger partial charge in [0.25, 0.3) is 11.6 Å². The fourth-order valence-electron chi connectivity index (χ4n) is 2.99. The van der Waals surface area contributed by atoms with Crippen LogP contribution in [0.15, 0.2) is 65.8 Å². The summed E-state index contributed by atoms with van der Waals surface area (Å²) >= 11 is 0. The first-order chi connectivity index (χ1) is 16.9. The Kier molecular flexibility index (Phi) is 7.96. The molecule has 35 heavy (non-hydrogen) atoms. The Morgan fingerprint density at radius 3 is 2.14 bits per heavy atom. The number of nitro benzene ring substituents is 1. The summed E-state index contributed by atoms with van der Waals surface area (Å²) in [5.74, 6) is 0.0211. The van der Waals surface area contributed by atoms with Gasteiger partial charge >= 0.3 is 5.97 Å². The molecule has 0 atom stereocenters. The van der Waals surface area contributed by atoms with E-state index in [9.17, 15) is 19.7 Å². The zero-order valence-electron chi connectivity index (χ0n) is 19.0. The predicted octanol–water partition coefficient (Wildman–Crippen LogP) is 3.60. The topological polar surface area (TPSA) is 139 Å². The maximum atomic E-state index is 12.7. The van der Waals surface area contributed by atoms with E-state index in [0.717, 1.165) is 0 Å². The number of nitro groups is 1. The van der Waals surface area contributed by atoms with Crippen molar-refractivity contribution in [3.8, 4) is 23.0 Å². The van der Waals surface area contributed by atoms with Crippen LogP contribution in [0.25, 0.3) is 0 Å². The van der Waals surface area contributed by atoms with Crippen LogP contribution in [0.3, 0.4) is 0 Å². The summed E-state index contributed by atoms with van der Waals surface area (Å²) in [5.41, 5.74) is 3.15. The molecule has 180 valence electrons. The molecule has 0 unspecified atom stereocenters. The number of rotatable bonds is 9.